The zero-order chi connectivity index (χ0) is 21.8. The molecule has 0 saturated carbocycles. The number of nitrogens with zero attached hydrogens (tertiary/aromatic N) is 4. The molecule has 162 valence electrons. The summed E-state index contributed by atoms with van der Waals surface area (Å²) >= 11 is 0. The number of carbonyl (C=O) groups is 2. The highest BCUT2D eigenvalue weighted by atomic mass is 16.5. The smallest absolute Gasteiger partial charge is 0.337 e. The van der Waals surface area contributed by atoms with Gasteiger partial charge in [-0.3, -0.25) is 4.79 Å². The maximum atomic E-state index is 12.5. The second-order valence-electron chi connectivity index (χ2n) is 8.08. The quantitative estimate of drug-likeness (QED) is 0.504. The van der Waals surface area contributed by atoms with Crippen LogP contribution >= 0.6 is 0 Å². The van der Waals surface area contributed by atoms with Gasteiger partial charge in [-0.25, -0.2) is 9.48 Å². The van der Waals surface area contributed by atoms with Gasteiger partial charge in [-0.2, -0.15) is 0 Å². The van der Waals surface area contributed by atoms with Gasteiger partial charge in [-0.1, -0.05) is 38.8 Å². The van der Waals surface area contributed by atoms with Crippen LogP contribution in [0.3, 0.4) is 0 Å². The van der Waals surface area contributed by atoms with Crippen LogP contribution in [0.4, 0.5) is 5.69 Å². The first-order valence-electron chi connectivity index (χ1n) is 10.9. The number of anilines is 1. The van der Waals surface area contributed by atoms with Gasteiger partial charge in [0, 0.05) is 36.3 Å². The average molecular weight is 413 g/mol. The minimum Gasteiger partial charge on any atom is -0.465 e. The number of methoxy groups -OCH3 is 1. The van der Waals surface area contributed by atoms with Crippen molar-refractivity contribution in [2.45, 2.75) is 71.9 Å². The van der Waals surface area contributed by atoms with E-state index in [0.29, 0.717) is 5.56 Å². The molecule has 2 heterocycles. The van der Waals surface area contributed by atoms with E-state index in [4.69, 9.17) is 4.74 Å². The van der Waals surface area contributed by atoms with Gasteiger partial charge in [0.05, 0.1) is 24.4 Å². The van der Waals surface area contributed by atoms with Gasteiger partial charge in [-0.05, 0) is 37.5 Å². The first-order valence-corrected chi connectivity index (χ1v) is 10.9. The number of carbonyl (C=O) groups excluding carboxylic acids is 2. The average Bonchev–Trinajstić information content (AvgIpc) is 3.20. The highest BCUT2D eigenvalue weighted by molar-refractivity contribution is 5.96. The first-order chi connectivity index (χ1) is 14.4. The van der Waals surface area contributed by atoms with Gasteiger partial charge in [-0.15, -0.1) is 5.10 Å². The van der Waals surface area contributed by atoms with E-state index in [0.717, 1.165) is 42.6 Å². The first kappa shape index (κ1) is 22.0. The Morgan fingerprint density at radius 2 is 1.97 bits per heavy atom. The lowest BCUT2D eigenvalue weighted by Crippen LogP contribution is -2.49. The van der Waals surface area contributed by atoms with Crippen molar-refractivity contribution >= 4 is 17.6 Å². The number of unbranched alkanes of at least 4 members (excludes halogenated alkanes) is 2. The fourth-order valence-corrected chi connectivity index (χ4v) is 4.62. The third kappa shape index (κ3) is 4.11. The molecule has 1 amide bonds. The van der Waals surface area contributed by atoms with E-state index in [1.807, 2.05) is 27.9 Å². The van der Waals surface area contributed by atoms with E-state index in [1.54, 1.807) is 13.0 Å². The largest absolute Gasteiger partial charge is 0.465 e. The lowest BCUT2D eigenvalue weighted by atomic mass is 9.80. The molecule has 0 radical (unpaired) electrons. The summed E-state index contributed by atoms with van der Waals surface area (Å²) in [4.78, 5) is 26.6. The van der Waals surface area contributed by atoms with Crippen LogP contribution in [0, 0.1) is 5.92 Å². The summed E-state index contributed by atoms with van der Waals surface area (Å²) in [5, 5.41) is 8.84. The number of ether oxygens (including phenoxy) is 1. The van der Waals surface area contributed by atoms with Crippen molar-refractivity contribution in [1.82, 2.24) is 15.0 Å². The van der Waals surface area contributed by atoms with Crippen LogP contribution < -0.4 is 4.90 Å². The van der Waals surface area contributed by atoms with E-state index in [1.165, 1.54) is 13.5 Å². The Balaban J connectivity index is 2.09. The number of fused-ring (bicyclic) bond motifs is 1. The Morgan fingerprint density at radius 1 is 1.20 bits per heavy atom. The molecule has 1 aliphatic rings. The number of amides is 1. The fourth-order valence-electron chi connectivity index (χ4n) is 4.62. The number of hydrogen-bond donors (Lipinski definition) is 0. The van der Waals surface area contributed by atoms with Crippen molar-refractivity contribution in [2.24, 2.45) is 5.92 Å². The normalized spacial score (nSPS) is 20.7. The third-order valence-electron chi connectivity index (χ3n) is 6.10. The Labute approximate surface area is 178 Å². The van der Waals surface area contributed by atoms with Gasteiger partial charge in [0.2, 0.25) is 5.91 Å². The summed E-state index contributed by atoms with van der Waals surface area (Å²) in [6, 6.07) is 5.33. The summed E-state index contributed by atoms with van der Waals surface area (Å²) < 4.78 is 6.83. The predicted octanol–water partition coefficient (Wildman–Crippen LogP) is 4.17. The standard InChI is InChI=1S/C23H32N4O3/c1-6-8-9-10-18-14-26(25-24-18)22-15(3)20(7-2)27(16(4)28)21-12-11-17(13-19(21)22)23(29)30-5/h11-15,20,22H,6-10H2,1-5H3/t15-,20+,22+/m0/s1. The van der Waals surface area contributed by atoms with E-state index in [2.05, 4.69) is 31.1 Å². The number of rotatable bonds is 7. The van der Waals surface area contributed by atoms with Crippen molar-refractivity contribution in [3.63, 3.8) is 0 Å². The molecule has 0 saturated heterocycles. The lowest BCUT2D eigenvalue weighted by molar-refractivity contribution is -0.117. The molecule has 0 aliphatic carbocycles. The molecule has 0 fully saturated rings. The maximum Gasteiger partial charge on any atom is 0.337 e. The molecule has 1 aromatic heterocycles. The molecule has 3 rings (SSSR count). The zero-order valence-corrected chi connectivity index (χ0v) is 18.6. The van der Waals surface area contributed by atoms with Crippen molar-refractivity contribution in [3.8, 4) is 0 Å². The van der Waals surface area contributed by atoms with Crippen LogP contribution in [0.5, 0.6) is 0 Å². The SMILES string of the molecule is CCCCCc1cn([C@H]2c3cc(C(=O)OC)ccc3N(C(C)=O)[C@H](CC)[C@@H]2C)nn1. The van der Waals surface area contributed by atoms with Crippen molar-refractivity contribution in [3.05, 3.63) is 41.2 Å². The molecule has 1 aliphatic heterocycles. The number of esters is 1. The van der Waals surface area contributed by atoms with Crippen LogP contribution in [0.15, 0.2) is 24.4 Å². The highest BCUT2D eigenvalue weighted by Crippen LogP contribution is 2.44. The van der Waals surface area contributed by atoms with Crippen LogP contribution in [0.25, 0.3) is 0 Å². The van der Waals surface area contributed by atoms with Gasteiger partial charge < -0.3 is 9.64 Å². The predicted molar refractivity (Wildman–Crippen MR) is 116 cm³/mol. The molecule has 7 heteroatoms. The highest BCUT2D eigenvalue weighted by Gasteiger charge is 2.41. The molecule has 0 bridgehead atoms. The van der Waals surface area contributed by atoms with Crippen LogP contribution in [-0.2, 0) is 16.0 Å². The topological polar surface area (TPSA) is 77.3 Å². The summed E-state index contributed by atoms with van der Waals surface area (Å²) in [6.45, 7) is 8.01. The van der Waals surface area contributed by atoms with Crippen LogP contribution in [-0.4, -0.2) is 40.0 Å². The lowest BCUT2D eigenvalue weighted by Gasteiger charge is -2.44. The van der Waals surface area contributed by atoms with E-state index in [9.17, 15) is 9.59 Å². The van der Waals surface area contributed by atoms with Crippen LogP contribution in [0.2, 0.25) is 0 Å². The minimum absolute atomic E-state index is 0.00179. The maximum absolute atomic E-state index is 12.5. The molecule has 0 spiro atoms. The van der Waals surface area contributed by atoms with Crippen molar-refractivity contribution in [2.75, 3.05) is 12.0 Å². The zero-order valence-electron chi connectivity index (χ0n) is 18.6. The number of hydrogen-bond acceptors (Lipinski definition) is 5. The number of benzene rings is 1. The molecule has 30 heavy (non-hydrogen) atoms. The Bertz CT molecular complexity index is 908. The second kappa shape index (κ2) is 9.41. The van der Waals surface area contributed by atoms with Crippen molar-refractivity contribution < 1.29 is 14.3 Å². The third-order valence-corrected chi connectivity index (χ3v) is 6.10. The van der Waals surface area contributed by atoms with Gasteiger partial charge in [0.25, 0.3) is 0 Å². The second-order valence-corrected chi connectivity index (χ2v) is 8.08. The molecule has 7 nitrogen and oxygen atoms in total. The molecule has 0 unspecified atom stereocenters. The van der Waals surface area contributed by atoms with Crippen LogP contribution in [0.1, 0.15) is 81.0 Å². The van der Waals surface area contributed by atoms with E-state index < -0.39 is 5.97 Å². The summed E-state index contributed by atoms with van der Waals surface area (Å²) in [5.74, 6) is -0.294. The molecule has 1 aromatic carbocycles. The van der Waals surface area contributed by atoms with Gasteiger partial charge in [0.1, 0.15) is 0 Å². The number of aryl methyl sites for hydroxylation is 1. The molecule has 3 atom stereocenters. The summed E-state index contributed by atoms with van der Waals surface area (Å²) in [5.41, 5.74) is 3.17. The van der Waals surface area contributed by atoms with Gasteiger partial charge >= 0.3 is 5.97 Å². The monoisotopic (exact) mass is 412 g/mol. The molecule has 0 N–H and O–H groups in total. The Morgan fingerprint density at radius 3 is 2.60 bits per heavy atom. The molecule has 2 aromatic rings. The van der Waals surface area contributed by atoms with Gasteiger partial charge in [0.15, 0.2) is 0 Å². The van der Waals surface area contributed by atoms with E-state index >= 15 is 0 Å². The summed E-state index contributed by atoms with van der Waals surface area (Å²) in [7, 11) is 1.37. The van der Waals surface area contributed by atoms with E-state index in [-0.39, 0.29) is 23.9 Å². The Kier molecular flexibility index (Phi) is 6.90. The molecular weight excluding hydrogens is 380 g/mol. The fraction of sp³-hybridized carbons (Fsp3) is 0.565. The minimum atomic E-state index is -0.393. The Hall–Kier alpha value is -2.70. The van der Waals surface area contributed by atoms with Crippen molar-refractivity contribution in [1.29, 1.82) is 0 Å². The number of aromatic nitrogens is 3. The summed E-state index contributed by atoms with van der Waals surface area (Å²) in [6.07, 6.45) is 7.17. The molecular formula is C23H32N4O3.